The number of amides is 1. The molecule has 0 spiro atoms. The lowest BCUT2D eigenvalue weighted by Gasteiger charge is -2.08. The van der Waals surface area contributed by atoms with E-state index in [1.807, 2.05) is 44.2 Å². The number of aromatic nitrogens is 2. The van der Waals surface area contributed by atoms with E-state index >= 15 is 0 Å². The van der Waals surface area contributed by atoms with Crippen molar-refractivity contribution in [3.05, 3.63) is 81.6 Å². The number of hydrogen-bond acceptors (Lipinski definition) is 4. The zero-order valence-electron chi connectivity index (χ0n) is 16.5. The molecule has 0 unspecified atom stereocenters. The van der Waals surface area contributed by atoms with E-state index in [1.54, 1.807) is 29.8 Å². The molecule has 0 saturated carbocycles. The number of carbonyl (C=O) groups is 2. The van der Waals surface area contributed by atoms with Crippen LogP contribution in [0.15, 0.2) is 48.5 Å². The molecule has 2 aromatic carbocycles. The van der Waals surface area contributed by atoms with Gasteiger partial charge in [-0.05, 0) is 44.0 Å². The molecule has 0 saturated heterocycles. The Bertz CT molecular complexity index is 1040. The predicted molar refractivity (Wildman–Crippen MR) is 112 cm³/mol. The monoisotopic (exact) mass is 411 g/mol. The first-order valence-corrected chi connectivity index (χ1v) is 9.54. The number of nitrogens with zero attached hydrogens (tertiary/aromatic N) is 2. The van der Waals surface area contributed by atoms with Gasteiger partial charge < -0.3 is 10.1 Å². The van der Waals surface area contributed by atoms with E-state index in [0.717, 1.165) is 11.1 Å². The normalized spacial score (nSPS) is 10.6. The molecule has 0 aliphatic carbocycles. The third-order valence-corrected chi connectivity index (χ3v) is 4.96. The Kier molecular flexibility index (Phi) is 6.34. The second-order valence-electron chi connectivity index (χ2n) is 6.78. The zero-order valence-corrected chi connectivity index (χ0v) is 17.3. The number of ether oxygens (including phenoxy) is 1. The molecule has 3 rings (SSSR count). The van der Waals surface area contributed by atoms with Gasteiger partial charge in [0.1, 0.15) is 5.56 Å². The second-order valence-corrected chi connectivity index (χ2v) is 7.18. The van der Waals surface area contributed by atoms with Crippen molar-refractivity contribution in [2.45, 2.75) is 27.3 Å². The molecule has 0 atom stereocenters. The highest BCUT2D eigenvalue weighted by molar-refractivity contribution is 6.31. The molecule has 0 bridgehead atoms. The van der Waals surface area contributed by atoms with Crippen LogP contribution in [0.2, 0.25) is 5.02 Å². The Labute approximate surface area is 174 Å². The van der Waals surface area contributed by atoms with E-state index in [2.05, 4.69) is 10.4 Å². The first kappa shape index (κ1) is 20.6. The molecule has 7 heteroatoms. The second kappa shape index (κ2) is 8.92. The number of carbonyl (C=O) groups excluding carboxylic acids is 2. The quantitative estimate of drug-likeness (QED) is 0.613. The SMILES string of the molecule is Cc1ccc(NC(=O)COC(=O)c2c(C)nn(Cc3ccccc3)c2C)cc1Cl. The van der Waals surface area contributed by atoms with Gasteiger partial charge in [0.2, 0.25) is 0 Å². The Balaban J connectivity index is 1.63. The summed E-state index contributed by atoms with van der Waals surface area (Å²) in [6, 6.07) is 15.0. The molecule has 6 nitrogen and oxygen atoms in total. The molecule has 1 N–H and O–H groups in total. The summed E-state index contributed by atoms with van der Waals surface area (Å²) in [7, 11) is 0. The van der Waals surface area contributed by atoms with Gasteiger partial charge in [-0.15, -0.1) is 0 Å². The zero-order chi connectivity index (χ0) is 21.0. The first-order valence-electron chi connectivity index (χ1n) is 9.16. The highest BCUT2D eigenvalue weighted by Crippen LogP contribution is 2.20. The largest absolute Gasteiger partial charge is 0.452 e. The average molecular weight is 412 g/mol. The Morgan fingerprint density at radius 2 is 1.83 bits per heavy atom. The number of benzene rings is 2. The van der Waals surface area contributed by atoms with Crippen LogP contribution in [0.1, 0.15) is 32.9 Å². The molecule has 150 valence electrons. The van der Waals surface area contributed by atoms with Crippen LogP contribution in [-0.2, 0) is 16.1 Å². The molecule has 0 aliphatic rings. The third kappa shape index (κ3) is 5.03. The molecule has 1 aromatic heterocycles. The van der Waals surface area contributed by atoms with Gasteiger partial charge in [0.25, 0.3) is 5.91 Å². The standard InChI is InChI=1S/C22H22ClN3O3/c1-14-9-10-18(11-19(14)23)24-20(27)13-29-22(28)21-15(2)25-26(16(21)3)12-17-7-5-4-6-8-17/h4-11H,12-13H2,1-3H3,(H,24,27). The molecule has 0 aliphatic heterocycles. The van der Waals surface area contributed by atoms with Crippen LogP contribution in [0.4, 0.5) is 5.69 Å². The molecule has 1 amide bonds. The summed E-state index contributed by atoms with van der Waals surface area (Å²) in [5.41, 5.74) is 4.18. The summed E-state index contributed by atoms with van der Waals surface area (Å²) in [6.45, 7) is 5.59. The molecule has 0 fully saturated rings. The van der Waals surface area contributed by atoms with E-state index in [4.69, 9.17) is 16.3 Å². The molecule has 3 aromatic rings. The lowest BCUT2D eigenvalue weighted by molar-refractivity contribution is -0.119. The van der Waals surface area contributed by atoms with Gasteiger partial charge in [-0.2, -0.15) is 5.10 Å². The summed E-state index contributed by atoms with van der Waals surface area (Å²) in [5, 5.41) is 7.66. The highest BCUT2D eigenvalue weighted by Gasteiger charge is 2.21. The summed E-state index contributed by atoms with van der Waals surface area (Å²) < 4.78 is 6.96. The molecule has 29 heavy (non-hydrogen) atoms. The number of aryl methyl sites for hydroxylation is 2. The van der Waals surface area contributed by atoms with Crippen LogP contribution in [0, 0.1) is 20.8 Å². The first-order chi connectivity index (χ1) is 13.8. The maximum Gasteiger partial charge on any atom is 0.342 e. The summed E-state index contributed by atoms with van der Waals surface area (Å²) >= 11 is 6.05. The number of esters is 1. The summed E-state index contributed by atoms with van der Waals surface area (Å²) in [6.07, 6.45) is 0. The fourth-order valence-electron chi connectivity index (χ4n) is 2.97. The molecule has 1 heterocycles. The maximum atomic E-state index is 12.5. The van der Waals surface area contributed by atoms with Crippen LogP contribution in [0.3, 0.4) is 0 Å². The van der Waals surface area contributed by atoms with Gasteiger partial charge in [0.15, 0.2) is 6.61 Å². The molecular formula is C22H22ClN3O3. The van der Waals surface area contributed by atoms with Crippen LogP contribution < -0.4 is 5.32 Å². The van der Waals surface area contributed by atoms with E-state index in [9.17, 15) is 9.59 Å². The Morgan fingerprint density at radius 3 is 2.52 bits per heavy atom. The fraction of sp³-hybridized carbons (Fsp3) is 0.227. The number of halogens is 1. The van der Waals surface area contributed by atoms with Gasteiger partial charge in [-0.3, -0.25) is 9.48 Å². The molecule has 0 radical (unpaired) electrons. The van der Waals surface area contributed by atoms with Crippen molar-refractivity contribution in [1.29, 1.82) is 0 Å². The van der Waals surface area contributed by atoms with Crippen molar-refractivity contribution in [1.82, 2.24) is 9.78 Å². The van der Waals surface area contributed by atoms with Crippen LogP contribution in [0.25, 0.3) is 0 Å². The summed E-state index contributed by atoms with van der Waals surface area (Å²) in [5.74, 6) is -1.01. The van der Waals surface area contributed by atoms with E-state index in [1.165, 1.54) is 0 Å². The smallest absolute Gasteiger partial charge is 0.342 e. The summed E-state index contributed by atoms with van der Waals surface area (Å²) in [4.78, 5) is 24.6. The van der Waals surface area contributed by atoms with Crippen molar-refractivity contribution >= 4 is 29.2 Å². The van der Waals surface area contributed by atoms with Crippen molar-refractivity contribution in [2.75, 3.05) is 11.9 Å². The minimum atomic E-state index is -0.573. The van der Waals surface area contributed by atoms with E-state index < -0.39 is 18.5 Å². The highest BCUT2D eigenvalue weighted by atomic mass is 35.5. The van der Waals surface area contributed by atoms with Crippen LogP contribution in [-0.4, -0.2) is 28.3 Å². The van der Waals surface area contributed by atoms with Gasteiger partial charge >= 0.3 is 5.97 Å². The van der Waals surface area contributed by atoms with Crippen LogP contribution >= 0.6 is 11.6 Å². The van der Waals surface area contributed by atoms with Crippen LogP contribution in [0.5, 0.6) is 0 Å². The van der Waals surface area contributed by atoms with Gasteiger partial charge in [0.05, 0.1) is 17.9 Å². The number of nitrogens with one attached hydrogen (secondary N) is 1. The number of rotatable bonds is 6. The van der Waals surface area contributed by atoms with Gasteiger partial charge in [-0.25, -0.2) is 4.79 Å². The van der Waals surface area contributed by atoms with E-state index in [-0.39, 0.29) is 0 Å². The Morgan fingerprint density at radius 1 is 1.10 bits per heavy atom. The predicted octanol–water partition coefficient (Wildman–Crippen LogP) is 4.31. The topological polar surface area (TPSA) is 73.2 Å². The average Bonchev–Trinajstić information content (AvgIpc) is 2.97. The number of anilines is 1. The van der Waals surface area contributed by atoms with Crippen molar-refractivity contribution in [2.24, 2.45) is 0 Å². The van der Waals surface area contributed by atoms with Gasteiger partial charge in [0, 0.05) is 10.7 Å². The van der Waals surface area contributed by atoms with Crippen molar-refractivity contribution in [3.8, 4) is 0 Å². The third-order valence-electron chi connectivity index (χ3n) is 4.55. The van der Waals surface area contributed by atoms with Crippen molar-refractivity contribution < 1.29 is 14.3 Å². The van der Waals surface area contributed by atoms with E-state index in [0.29, 0.717) is 34.2 Å². The maximum absolute atomic E-state index is 12.5. The molecular weight excluding hydrogens is 390 g/mol. The minimum absolute atomic E-state index is 0.382. The Hall–Kier alpha value is -3.12. The lowest BCUT2D eigenvalue weighted by atomic mass is 10.2. The lowest BCUT2D eigenvalue weighted by Crippen LogP contribution is -2.21. The van der Waals surface area contributed by atoms with Gasteiger partial charge in [-0.1, -0.05) is 48.0 Å². The minimum Gasteiger partial charge on any atom is -0.452 e. The van der Waals surface area contributed by atoms with Crippen molar-refractivity contribution in [3.63, 3.8) is 0 Å². The fourth-order valence-corrected chi connectivity index (χ4v) is 3.15. The number of hydrogen-bond donors (Lipinski definition) is 1.